The van der Waals surface area contributed by atoms with Crippen molar-refractivity contribution < 1.29 is 17.9 Å². The minimum absolute atomic E-state index is 0.115. The number of aromatic nitrogens is 2. The summed E-state index contributed by atoms with van der Waals surface area (Å²) in [7, 11) is 0. The van der Waals surface area contributed by atoms with Gasteiger partial charge in [-0.25, -0.2) is 4.98 Å². The molecule has 0 fully saturated rings. The van der Waals surface area contributed by atoms with Crippen molar-refractivity contribution in [2.75, 3.05) is 5.32 Å². The molecule has 0 spiro atoms. The number of nitrogens with one attached hydrogen (secondary N) is 2. The van der Waals surface area contributed by atoms with Crippen molar-refractivity contribution in [1.29, 1.82) is 0 Å². The van der Waals surface area contributed by atoms with Gasteiger partial charge < -0.3 is 15.0 Å². The van der Waals surface area contributed by atoms with Crippen molar-refractivity contribution in [1.82, 2.24) is 9.97 Å². The molecule has 10 heteroatoms. The van der Waals surface area contributed by atoms with Gasteiger partial charge in [-0.1, -0.05) is 0 Å². The molecule has 1 aromatic heterocycles. The molecule has 0 aliphatic heterocycles. The second-order valence-electron chi connectivity index (χ2n) is 3.71. The number of anilines is 2. The molecule has 5 nitrogen and oxygen atoms in total. The monoisotopic (exact) mass is 475 g/mol. The number of alkyl halides is 3. The summed E-state index contributed by atoms with van der Waals surface area (Å²) in [6.07, 6.45) is -3.54. The van der Waals surface area contributed by atoms with E-state index < -0.39 is 6.36 Å². The molecule has 2 N–H and O–H groups in total. The summed E-state index contributed by atoms with van der Waals surface area (Å²) in [5.74, 6) is -0.0580. The highest BCUT2D eigenvalue weighted by atomic mass is 127. The smallest absolute Gasteiger partial charge is 0.405 e. The number of hydrogen-bond donors (Lipinski definition) is 2. The second kappa shape index (κ2) is 6.22. The zero-order valence-corrected chi connectivity index (χ0v) is 13.7. The summed E-state index contributed by atoms with van der Waals surface area (Å²) >= 11 is 4.80. The molecule has 112 valence electrons. The number of nitrogens with zero attached hydrogens (tertiary/aromatic N) is 1. The van der Waals surface area contributed by atoms with Crippen molar-refractivity contribution in [3.05, 3.63) is 42.9 Å². The van der Waals surface area contributed by atoms with E-state index in [9.17, 15) is 18.0 Å². The molecule has 0 aliphatic rings. The molecule has 0 atom stereocenters. The van der Waals surface area contributed by atoms with Gasteiger partial charge in [0.2, 0.25) is 0 Å². The molecule has 0 amide bonds. The lowest BCUT2D eigenvalue weighted by Gasteiger charge is -2.12. The van der Waals surface area contributed by atoms with Crippen LogP contribution in [-0.4, -0.2) is 16.3 Å². The van der Waals surface area contributed by atoms with Gasteiger partial charge in [0.05, 0.1) is 10.8 Å². The third-order valence-electron chi connectivity index (χ3n) is 2.22. The van der Waals surface area contributed by atoms with Crippen LogP contribution < -0.4 is 15.6 Å². The third-order valence-corrected chi connectivity index (χ3v) is 3.84. The van der Waals surface area contributed by atoms with Crippen molar-refractivity contribution in [3.63, 3.8) is 0 Å². The molecule has 0 saturated heterocycles. The van der Waals surface area contributed by atoms with E-state index in [1.165, 1.54) is 18.5 Å². The normalized spacial score (nSPS) is 11.3. The standard InChI is InChI=1S/C11H6BrF3IN3O2/c12-6-3-5(1-2-7(6)21-11(13,14)15)19-9-8(16)10(20)18-4-17-9/h1-4H,(H2,17,18,19,20). The largest absolute Gasteiger partial charge is 0.573 e. The highest BCUT2D eigenvalue weighted by Crippen LogP contribution is 2.33. The highest BCUT2D eigenvalue weighted by molar-refractivity contribution is 14.1. The van der Waals surface area contributed by atoms with Gasteiger partial charge in [-0.15, -0.1) is 13.2 Å². The second-order valence-corrected chi connectivity index (χ2v) is 5.65. The van der Waals surface area contributed by atoms with Crippen molar-refractivity contribution in [2.24, 2.45) is 0 Å². The van der Waals surface area contributed by atoms with Gasteiger partial charge in [0.15, 0.2) is 5.82 Å². The summed E-state index contributed by atoms with van der Waals surface area (Å²) in [5.41, 5.74) is 0.136. The van der Waals surface area contributed by atoms with Crippen LogP contribution in [0.5, 0.6) is 5.75 Å². The fourth-order valence-electron chi connectivity index (χ4n) is 1.39. The summed E-state index contributed by atoms with van der Waals surface area (Å²) in [4.78, 5) is 17.8. The van der Waals surface area contributed by atoms with Crippen LogP contribution in [0.4, 0.5) is 24.7 Å². The lowest BCUT2D eigenvalue weighted by Crippen LogP contribution is -2.17. The minimum Gasteiger partial charge on any atom is -0.405 e. The minimum atomic E-state index is -4.76. The predicted molar refractivity (Wildman–Crippen MR) is 81.7 cm³/mol. The number of aromatic amines is 1. The number of benzene rings is 1. The van der Waals surface area contributed by atoms with E-state index in [1.807, 2.05) is 22.6 Å². The van der Waals surface area contributed by atoms with Gasteiger partial charge in [-0.2, -0.15) is 0 Å². The van der Waals surface area contributed by atoms with Crippen LogP contribution in [0.1, 0.15) is 0 Å². The van der Waals surface area contributed by atoms with Crippen LogP contribution in [0, 0.1) is 3.57 Å². The Bertz CT molecular complexity index is 721. The summed E-state index contributed by atoms with van der Waals surface area (Å²) in [5, 5.41) is 2.84. The van der Waals surface area contributed by atoms with Crippen LogP contribution in [0.2, 0.25) is 0 Å². The molecular weight excluding hydrogens is 470 g/mol. The van der Waals surface area contributed by atoms with E-state index in [0.717, 1.165) is 6.07 Å². The van der Waals surface area contributed by atoms with Crippen molar-refractivity contribution in [3.8, 4) is 5.75 Å². The maximum Gasteiger partial charge on any atom is 0.573 e. The van der Waals surface area contributed by atoms with Crippen molar-refractivity contribution in [2.45, 2.75) is 6.36 Å². The Morgan fingerprint density at radius 1 is 1.38 bits per heavy atom. The van der Waals surface area contributed by atoms with Crippen LogP contribution in [0.15, 0.2) is 33.8 Å². The van der Waals surface area contributed by atoms with Gasteiger partial charge >= 0.3 is 6.36 Å². The maximum atomic E-state index is 12.2. The van der Waals surface area contributed by atoms with Crippen molar-refractivity contribution >= 4 is 50.0 Å². The van der Waals surface area contributed by atoms with E-state index >= 15 is 0 Å². The van der Waals surface area contributed by atoms with E-state index in [2.05, 4.69) is 36.0 Å². The fraction of sp³-hybridized carbons (Fsp3) is 0.0909. The number of hydrogen-bond acceptors (Lipinski definition) is 4. The van der Waals surface area contributed by atoms with Gasteiger partial charge in [-0.3, -0.25) is 4.79 Å². The average molecular weight is 476 g/mol. The highest BCUT2D eigenvalue weighted by Gasteiger charge is 2.31. The molecule has 0 aliphatic carbocycles. The third kappa shape index (κ3) is 4.33. The first-order valence-electron chi connectivity index (χ1n) is 5.32. The molecular formula is C11H6BrF3IN3O2. The van der Waals surface area contributed by atoms with Crippen LogP contribution in [0.3, 0.4) is 0 Å². The van der Waals surface area contributed by atoms with E-state index in [4.69, 9.17) is 0 Å². The van der Waals surface area contributed by atoms with Crippen LogP contribution in [0.25, 0.3) is 0 Å². The average Bonchev–Trinajstić information content (AvgIpc) is 2.37. The predicted octanol–water partition coefficient (Wildman–Crippen LogP) is 3.78. The lowest BCUT2D eigenvalue weighted by molar-refractivity contribution is -0.274. The molecule has 0 saturated carbocycles. The van der Waals surface area contributed by atoms with Gasteiger partial charge in [0.25, 0.3) is 5.56 Å². The number of rotatable bonds is 3. The van der Waals surface area contributed by atoms with Crippen LogP contribution in [-0.2, 0) is 0 Å². The molecule has 0 unspecified atom stereocenters. The van der Waals surface area contributed by atoms with Gasteiger partial charge in [0.1, 0.15) is 9.32 Å². The molecule has 1 aromatic carbocycles. The number of ether oxygens (including phenoxy) is 1. The molecule has 2 aromatic rings. The molecule has 0 bridgehead atoms. The Morgan fingerprint density at radius 3 is 2.71 bits per heavy atom. The molecule has 21 heavy (non-hydrogen) atoms. The fourth-order valence-corrected chi connectivity index (χ4v) is 2.28. The Hall–Kier alpha value is -1.30. The first-order valence-corrected chi connectivity index (χ1v) is 7.19. The first kappa shape index (κ1) is 16.1. The lowest BCUT2D eigenvalue weighted by atomic mass is 10.3. The topological polar surface area (TPSA) is 67.0 Å². The SMILES string of the molecule is O=c1[nH]cnc(Nc2ccc(OC(F)(F)F)c(Br)c2)c1I. The molecule has 0 radical (unpaired) electrons. The van der Waals surface area contributed by atoms with E-state index in [-0.39, 0.29) is 15.8 Å². The maximum absolute atomic E-state index is 12.2. The molecule has 1 heterocycles. The van der Waals surface area contributed by atoms with E-state index in [0.29, 0.717) is 15.1 Å². The Balaban J connectivity index is 2.25. The van der Waals surface area contributed by atoms with Crippen LogP contribution >= 0.6 is 38.5 Å². The first-order chi connectivity index (χ1) is 9.76. The quantitative estimate of drug-likeness (QED) is 0.663. The van der Waals surface area contributed by atoms with E-state index in [1.54, 1.807) is 0 Å². The number of H-pyrrole nitrogens is 1. The Labute approximate surface area is 138 Å². The van der Waals surface area contributed by atoms with Gasteiger partial charge in [0, 0.05) is 5.69 Å². The number of halogens is 5. The van der Waals surface area contributed by atoms with Gasteiger partial charge in [-0.05, 0) is 56.7 Å². The molecule has 2 rings (SSSR count). The zero-order valence-electron chi connectivity index (χ0n) is 9.96. The Kier molecular flexibility index (Phi) is 4.76. The summed E-state index contributed by atoms with van der Waals surface area (Å²) < 4.78 is 40.8. The summed E-state index contributed by atoms with van der Waals surface area (Å²) in [6, 6.07) is 3.92. The zero-order chi connectivity index (χ0) is 15.6. The Morgan fingerprint density at radius 2 is 2.10 bits per heavy atom. The summed E-state index contributed by atoms with van der Waals surface area (Å²) in [6.45, 7) is 0.